The van der Waals surface area contributed by atoms with Gasteiger partial charge in [0, 0.05) is 11.1 Å². The molecule has 6 nitrogen and oxygen atoms in total. The lowest BCUT2D eigenvalue weighted by molar-refractivity contribution is 0.202. The van der Waals surface area contributed by atoms with Gasteiger partial charge in [-0.05, 0) is 116 Å². The van der Waals surface area contributed by atoms with Crippen LogP contribution < -0.4 is 9.47 Å². The first-order valence-electron chi connectivity index (χ1n) is 18.1. The fourth-order valence-corrected chi connectivity index (χ4v) is 8.29. The Morgan fingerprint density at radius 1 is 0.382 bits per heavy atom. The summed E-state index contributed by atoms with van der Waals surface area (Å²) in [5.41, 5.74) is 6.72. The van der Waals surface area contributed by atoms with Crippen LogP contribution in [0.4, 0.5) is 0 Å². The molecule has 0 aliphatic heterocycles. The zero-order valence-electron chi connectivity index (χ0n) is 29.9. The Labute approximate surface area is 320 Å². The molecule has 7 heteroatoms. The first-order chi connectivity index (χ1) is 26.9. The number of hydrogen-bond acceptors (Lipinski definition) is 6. The topological polar surface area (TPSA) is 93.1 Å². The maximum atomic E-state index is 14.5. The van der Waals surface area contributed by atoms with E-state index in [1.54, 1.807) is 24.3 Å². The minimum atomic E-state index is -4.06. The second kappa shape index (κ2) is 15.6. The minimum absolute atomic E-state index is 0.0559. The van der Waals surface area contributed by atoms with Crippen molar-refractivity contribution in [3.63, 3.8) is 0 Å². The summed E-state index contributed by atoms with van der Waals surface area (Å²) in [6.45, 7) is -0.265. The van der Waals surface area contributed by atoms with Crippen molar-refractivity contribution in [2.75, 3.05) is 26.4 Å². The van der Waals surface area contributed by atoms with Crippen LogP contribution in [0.2, 0.25) is 0 Å². The van der Waals surface area contributed by atoms with Gasteiger partial charge in [-0.15, -0.1) is 0 Å². The van der Waals surface area contributed by atoms with Crippen LogP contribution in [-0.2, 0) is 9.84 Å². The summed E-state index contributed by atoms with van der Waals surface area (Å²) in [6, 6.07) is 54.5. The van der Waals surface area contributed by atoms with Crippen molar-refractivity contribution in [2.45, 2.75) is 9.79 Å². The lowest BCUT2D eigenvalue weighted by Crippen LogP contribution is -2.07. The van der Waals surface area contributed by atoms with Gasteiger partial charge in [-0.3, -0.25) is 0 Å². The summed E-state index contributed by atoms with van der Waals surface area (Å²) < 4.78 is 40.9. The molecular formula is C48H38O6S. The number of ether oxygens (including phenoxy) is 2. The van der Waals surface area contributed by atoms with Gasteiger partial charge >= 0.3 is 0 Å². The number of fused-ring (bicyclic) bond motifs is 2. The van der Waals surface area contributed by atoms with Gasteiger partial charge in [0.1, 0.15) is 24.7 Å². The van der Waals surface area contributed by atoms with Gasteiger partial charge in [-0.2, -0.15) is 0 Å². The highest BCUT2D eigenvalue weighted by atomic mass is 32.2. The Bertz CT molecular complexity index is 2590. The van der Waals surface area contributed by atoms with Gasteiger partial charge in [0.05, 0.1) is 23.0 Å². The van der Waals surface area contributed by atoms with Gasteiger partial charge in [0.25, 0.3) is 0 Å². The molecule has 0 atom stereocenters. The molecule has 0 bridgehead atoms. The average Bonchev–Trinajstić information content (AvgIpc) is 3.24. The number of sulfone groups is 1. The molecule has 0 fully saturated rings. The standard InChI is InChI=1S/C48H38O6S/c49-23-25-53-47-21-19-43(31-45(47)41-13-5-11-37(29-41)39-17-15-33-7-1-3-9-35(33)27-39)55(51,52)44-20-22-48(54-26-24-50)46(32-44)42-14-6-12-38(30-42)40-18-16-34-8-2-4-10-36(34)28-40/h1-22,27-32,49-50H,23-26H2. The quantitative estimate of drug-likeness (QED) is 0.129. The van der Waals surface area contributed by atoms with Crippen molar-refractivity contribution >= 4 is 31.4 Å². The van der Waals surface area contributed by atoms with Gasteiger partial charge in [-0.1, -0.05) is 109 Å². The lowest BCUT2D eigenvalue weighted by atomic mass is 9.97. The van der Waals surface area contributed by atoms with Crippen LogP contribution in [-0.4, -0.2) is 45.1 Å². The van der Waals surface area contributed by atoms with E-state index in [0.717, 1.165) is 54.9 Å². The highest BCUT2D eigenvalue weighted by Gasteiger charge is 2.23. The van der Waals surface area contributed by atoms with E-state index < -0.39 is 9.84 Å². The molecule has 8 aromatic carbocycles. The van der Waals surface area contributed by atoms with Crippen molar-refractivity contribution in [1.82, 2.24) is 0 Å². The van der Waals surface area contributed by atoms with Crippen molar-refractivity contribution in [2.24, 2.45) is 0 Å². The second-order valence-electron chi connectivity index (χ2n) is 13.2. The van der Waals surface area contributed by atoms with E-state index in [1.165, 1.54) is 12.1 Å². The summed E-state index contributed by atoms with van der Waals surface area (Å²) in [5, 5.41) is 23.7. The third-order valence-electron chi connectivity index (χ3n) is 9.73. The molecule has 272 valence electrons. The van der Waals surface area contributed by atoms with Crippen LogP contribution >= 0.6 is 0 Å². The van der Waals surface area contributed by atoms with Gasteiger partial charge in [0.15, 0.2) is 0 Å². The predicted molar refractivity (Wildman–Crippen MR) is 220 cm³/mol. The van der Waals surface area contributed by atoms with E-state index in [9.17, 15) is 18.6 Å². The Morgan fingerprint density at radius 3 is 1.22 bits per heavy atom. The fourth-order valence-electron chi connectivity index (χ4n) is 6.97. The van der Waals surface area contributed by atoms with Gasteiger partial charge in [0.2, 0.25) is 9.84 Å². The third-order valence-corrected chi connectivity index (χ3v) is 11.5. The number of aliphatic hydroxyl groups excluding tert-OH is 2. The summed E-state index contributed by atoms with van der Waals surface area (Å²) in [7, 11) is -4.06. The molecule has 0 heterocycles. The maximum absolute atomic E-state index is 14.5. The molecule has 0 radical (unpaired) electrons. The van der Waals surface area contributed by atoms with Crippen molar-refractivity contribution < 1.29 is 28.1 Å². The van der Waals surface area contributed by atoms with E-state index in [0.29, 0.717) is 22.6 Å². The summed E-state index contributed by atoms with van der Waals surface area (Å²) in [5.74, 6) is 0.921. The average molecular weight is 743 g/mol. The van der Waals surface area contributed by atoms with Crippen molar-refractivity contribution in [1.29, 1.82) is 0 Å². The largest absolute Gasteiger partial charge is 0.491 e. The normalized spacial score (nSPS) is 11.5. The molecule has 55 heavy (non-hydrogen) atoms. The molecule has 0 saturated heterocycles. The molecular weight excluding hydrogens is 705 g/mol. The predicted octanol–water partition coefficient (Wildman–Crippen LogP) is 10.2. The smallest absolute Gasteiger partial charge is 0.206 e. The molecule has 0 saturated carbocycles. The molecule has 8 rings (SSSR count). The maximum Gasteiger partial charge on any atom is 0.206 e. The minimum Gasteiger partial charge on any atom is -0.491 e. The highest BCUT2D eigenvalue weighted by Crippen LogP contribution is 2.39. The molecule has 0 aromatic heterocycles. The molecule has 8 aromatic rings. The van der Waals surface area contributed by atoms with Gasteiger partial charge in [-0.25, -0.2) is 8.42 Å². The fraction of sp³-hybridized carbons (Fsp3) is 0.0833. The second-order valence-corrected chi connectivity index (χ2v) is 15.2. The summed E-state index contributed by atoms with van der Waals surface area (Å²) in [4.78, 5) is 0.185. The third kappa shape index (κ3) is 7.46. The van der Waals surface area contributed by atoms with Crippen LogP contribution in [0, 0.1) is 0 Å². The van der Waals surface area contributed by atoms with Crippen LogP contribution in [0.3, 0.4) is 0 Å². The number of aliphatic hydroxyl groups is 2. The molecule has 0 amide bonds. The number of rotatable bonds is 12. The molecule has 0 spiro atoms. The Kier molecular flexibility index (Phi) is 10.2. The Hall–Kier alpha value is -6.25. The number of hydrogen-bond donors (Lipinski definition) is 2. The van der Waals surface area contributed by atoms with Gasteiger partial charge < -0.3 is 19.7 Å². The zero-order chi connectivity index (χ0) is 37.8. The monoisotopic (exact) mass is 742 g/mol. The van der Waals surface area contributed by atoms with E-state index in [-0.39, 0.29) is 36.2 Å². The van der Waals surface area contributed by atoms with E-state index in [4.69, 9.17) is 9.47 Å². The highest BCUT2D eigenvalue weighted by molar-refractivity contribution is 7.91. The number of benzene rings is 8. The van der Waals surface area contributed by atoms with E-state index in [2.05, 4.69) is 60.7 Å². The van der Waals surface area contributed by atoms with Crippen LogP contribution in [0.5, 0.6) is 11.5 Å². The van der Waals surface area contributed by atoms with E-state index >= 15 is 0 Å². The summed E-state index contributed by atoms with van der Waals surface area (Å²) >= 11 is 0. The lowest BCUT2D eigenvalue weighted by Gasteiger charge is -2.16. The molecule has 0 aliphatic carbocycles. The molecule has 0 aliphatic rings. The summed E-state index contributed by atoms with van der Waals surface area (Å²) in [6.07, 6.45) is 0. The SMILES string of the molecule is O=S(=O)(c1ccc(OCCO)c(-c2cccc(-c3ccc4ccccc4c3)c2)c1)c1ccc(OCCO)c(-c2cccc(-c3ccc4ccccc4c3)c2)c1. The van der Waals surface area contributed by atoms with E-state index in [1.807, 2.05) is 72.8 Å². The van der Waals surface area contributed by atoms with Crippen LogP contribution in [0.1, 0.15) is 0 Å². The first kappa shape index (κ1) is 35.8. The Morgan fingerprint density at radius 2 is 0.782 bits per heavy atom. The van der Waals surface area contributed by atoms with Crippen molar-refractivity contribution in [3.05, 3.63) is 170 Å². The molecule has 2 N–H and O–H groups in total. The van der Waals surface area contributed by atoms with Crippen LogP contribution in [0.15, 0.2) is 180 Å². The van der Waals surface area contributed by atoms with Crippen LogP contribution in [0.25, 0.3) is 66.1 Å². The molecule has 0 unspecified atom stereocenters. The van der Waals surface area contributed by atoms with Crippen molar-refractivity contribution in [3.8, 4) is 56.0 Å². The first-order valence-corrected chi connectivity index (χ1v) is 19.6. The Balaban J connectivity index is 1.19. The zero-order valence-corrected chi connectivity index (χ0v) is 30.7.